The summed E-state index contributed by atoms with van der Waals surface area (Å²) in [5.74, 6) is 0.0602. The molecule has 5 nitrogen and oxygen atoms in total. The van der Waals surface area contributed by atoms with Gasteiger partial charge in [-0.2, -0.15) is 0 Å². The zero-order valence-corrected chi connectivity index (χ0v) is 13.8. The predicted molar refractivity (Wildman–Crippen MR) is 88.2 cm³/mol. The molecule has 0 bridgehead atoms. The number of hydrogen-bond donors (Lipinski definition) is 1. The number of benzene rings is 1. The molecule has 1 saturated heterocycles. The third-order valence-electron chi connectivity index (χ3n) is 3.30. The monoisotopic (exact) mass is 356 g/mol. The first kappa shape index (κ1) is 15.3. The van der Waals surface area contributed by atoms with Crippen LogP contribution in [0.2, 0.25) is 4.34 Å². The van der Waals surface area contributed by atoms with Crippen molar-refractivity contribution in [1.29, 1.82) is 0 Å². The number of anilines is 2. The Bertz CT molecular complexity index is 817. The van der Waals surface area contributed by atoms with Crippen LogP contribution >= 0.6 is 22.9 Å². The standard InChI is InChI=1S/C14H13ClN2O3S2/c15-12-6-7-14(21-12)22(19,20)16-10-3-1-4-11(9-10)17-8-2-5-13(17)18/h1,3-4,6-7,9,16H,2,5,8H2. The molecule has 1 aromatic heterocycles. The zero-order chi connectivity index (χ0) is 15.7. The summed E-state index contributed by atoms with van der Waals surface area (Å²) in [4.78, 5) is 13.4. The van der Waals surface area contributed by atoms with Gasteiger partial charge in [0.15, 0.2) is 0 Å². The number of nitrogens with one attached hydrogen (secondary N) is 1. The van der Waals surface area contributed by atoms with Crippen molar-refractivity contribution in [3.05, 3.63) is 40.7 Å². The number of carbonyl (C=O) groups excluding carboxylic acids is 1. The molecule has 0 atom stereocenters. The molecule has 1 aliphatic heterocycles. The van der Waals surface area contributed by atoms with Gasteiger partial charge in [0.05, 0.1) is 10.0 Å². The first-order chi connectivity index (χ1) is 10.5. The maximum absolute atomic E-state index is 12.3. The minimum atomic E-state index is -3.67. The Hall–Kier alpha value is -1.57. The van der Waals surface area contributed by atoms with E-state index in [-0.39, 0.29) is 10.1 Å². The highest BCUT2D eigenvalue weighted by molar-refractivity contribution is 7.94. The lowest BCUT2D eigenvalue weighted by molar-refractivity contribution is -0.117. The van der Waals surface area contributed by atoms with Crippen molar-refractivity contribution >= 4 is 50.2 Å². The Morgan fingerprint density at radius 2 is 2.05 bits per heavy atom. The molecule has 0 radical (unpaired) electrons. The molecule has 2 aromatic rings. The van der Waals surface area contributed by atoms with Gasteiger partial charge in [0.2, 0.25) is 5.91 Å². The quantitative estimate of drug-likeness (QED) is 0.913. The fourth-order valence-corrected chi connectivity index (χ4v) is 4.84. The van der Waals surface area contributed by atoms with E-state index in [1.165, 1.54) is 6.07 Å². The molecule has 1 aromatic carbocycles. The van der Waals surface area contributed by atoms with Gasteiger partial charge in [0.1, 0.15) is 4.21 Å². The van der Waals surface area contributed by atoms with E-state index in [1.54, 1.807) is 35.2 Å². The number of sulfonamides is 1. The number of carbonyl (C=O) groups is 1. The molecule has 1 N–H and O–H groups in total. The second-order valence-corrected chi connectivity index (χ2v) is 8.49. The fraction of sp³-hybridized carbons (Fsp3) is 0.214. The van der Waals surface area contributed by atoms with Crippen LogP contribution in [0.25, 0.3) is 0 Å². The molecule has 3 rings (SSSR count). The Balaban J connectivity index is 1.85. The second-order valence-electron chi connectivity index (χ2n) is 4.86. The second kappa shape index (κ2) is 5.91. The van der Waals surface area contributed by atoms with Crippen molar-refractivity contribution < 1.29 is 13.2 Å². The Morgan fingerprint density at radius 1 is 1.23 bits per heavy atom. The van der Waals surface area contributed by atoms with Crippen molar-refractivity contribution in [1.82, 2.24) is 0 Å². The summed E-state index contributed by atoms with van der Waals surface area (Å²) in [6, 6.07) is 9.83. The van der Waals surface area contributed by atoms with E-state index >= 15 is 0 Å². The number of nitrogens with zero attached hydrogens (tertiary/aromatic N) is 1. The molecule has 116 valence electrons. The Kier molecular flexibility index (Phi) is 4.12. The van der Waals surface area contributed by atoms with Gasteiger partial charge in [-0.05, 0) is 36.8 Å². The average molecular weight is 357 g/mol. The summed E-state index contributed by atoms with van der Waals surface area (Å²) in [5.41, 5.74) is 1.12. The number of halogens is 1. The van der Waals surface area contributed by atoms with Crippen LogP contribution in [0.1, 0.15) is 12.8 Å². The molecule has 0 saturated carbocycles. The largest absolute Gasteiger partial charge is 0.312 e. The van der Waals surface area contributed by atoms with Crippen LogP contribution in [0, 0.1) is 0 Å². The summed E-state index contributed by atoms with van der Waals surface area (Å²) in [5, 5.41) is 0. The van der Waals surface area contributed by atoms with Gasteiger partial charge < -0.3 is 4.90 Å². The molecular weight excluding hydrogens is 344 g/mol. The average Bonchev–Trinajstić information content (AvgIpc) is 3.07. The molecule has 1 fully saturated rings. The van der Waals surface area contributed by atoms with Crippen LogP contribution in [0.3, 0.4) is 0 Å². The normalized spacial score (nSPS) is 15.3. The van der Waals surface area contributed by atoms with Crippen LogP contribution in [-0.4, -0.2) is 20.9 Å². The summed E-state index contributed by atoms with van der Waals surface area (Å²) in [6.45, 7) is 0.662. The molecule has 0 spiro atoms. The summed E-state index contributed by atoms with van der Waals surface area (Å²) in [6.07, 6.45) is 1.35. The number of hydrogen-bond acceptors (Lipinski definition) is 4. The first-order valence-corrected chi connectivity index (χ1v) is 9.32. The highest BCUT2D eigenvalue weighted by atomic mass is 35.5. The third kappa shape index (κ3) is 3.11. The minimum absolute atomic E-state index is 0.0602. The van der Waals surface area contributed by atoms with E-state index in [0.717, 1.165) is 17.8 Å². The molecule has 8 heteroatoms. The van der Waals surface area contributed by atoms with Crippen molar-refractivity contribution in [3.63, 3.8) is 0 Å². The molecule has 2 heterocycles. The fourth-order valence-electron chi connectivity index (χ4n) is 2.31. The van der Waals surface area contributed by atoms with E-state index < -0.39 is 10.0 Å². The van der Waals surface area contributed by atoms with Gasteiger partial charge in [0, 0.05) is 18.7 Å². The van der Waals surface area contributed by atoms with Crippen molar-refractivity contribution in [2.45, 2.75) is 17.1 Å². The van der Waals surface area contributed by atoms with Crippen LogP contribution in [0.5, 0.6) is 0 Å². The number of thiophene rings is 1. The third-order valence-corrected chi connectivity index (χ3v) is 6.40. The van der Waals surface area contributed by atoms with Gasteiger partial charge in [-0.1, -0.05) is 17.7 Å². The molecule has 22 heavy (non-hydrogen) atoms. The van der Waals surface area contributed by atoms with Gasteiger partial charge in [-0.15, -0.1) is 11.3 Å². The summed E-state index contributed by atoms with van der Waals surface area (Å²) < 4.78 is 27.6. The van der Waals surface area contributed by atoms with Gasteiger partial charge in [-0.3, -0.25) is 9.52 Å². The van der Waals surface area contributed by atoms with E-state index in [1.807, 2.05) is 0 Å². The maximum Gasteiger partial charge on any atom is 0.271 e. The number of rotatable bonds is 4. The minimum Gasteiger partial charge on any atom is -0.312 e. The lowest BCUT2D eigenvalue weighted by Gasteiger charge is -2.16. The lowest BCUT2D eigenvalue weighted by atomic mass is 10.2. The predicted octanol–water partition coefficient (Wildman–Crippen LogP) is 3.33. The van der Waals surface area contributed by atoms with E-state index in [9.17, 15) is 13.2 Å². The van der Waals surface area contributed by atoms with Gasteiger partial charge >= 0.3 is 0 Å². The zero-order valence-electron chi connectivity index (χ0n) is 11.5. The maximum atomic E-state index is 12.3. The van der Waals surface area contributed by atoms with Gasteiger partial charge in [0.25, 0.3) is 10.0 Å². The summed E-state index contributed by atoms with van der Waals surface area (Å²) >= 11 is 6.77. The van der Waals surface area contributed by atoms with Crippen LogP contribution in [0.15, 0.2) is 40.6 Å². The highest BCUT2D eigenvalue weighted by Crippen LogP contribution is 2.29. The van der Waals surface area contributed by atoms with E-state index in [0.29, 0.717) is 28.7 Å². The van der Waals surface area contributed by atoms with Crippen molar-refractivity contribution in [2.75, 3.05) is 16.2 Å². The first-order valence-electron chi connectivity index (χ1n) is 6.64. The Labute approximate surface area is 137 Å². The van der Waals surface area contributed by atoms with E-state index in [2.05, 4.69) is 4.72 Å². The van der Waals surface area contributed by atoms with Crippen LogP contribution in [0.4, 0.5) is 11.4 Å². The smallest absolute Gasteiger partial charge is 0.271 e. The molecule has 0 aliphatic carbocycles. The van der Waals surface area contributed by atoms with E-state index in [4.69, 9.17) is 11.6 Å². The van der Waals surface area contributed by atoms with Crippen LogP contribution < -0.4 is 9.62 Å². The lowest BCUT2D eigenvalue weighted by Crippen LogP contribution is -2.23. The number of amides is 1. The Morgan fingerprint density at radius 3 is 2.68 bits per heavy atom. The highest BCUT2D eigenvalue weighted by Gasteiger charge is 2.22. The molecular formula is C14H13ClN2O3S2. The molecule has 0 unspecified atom stereocenters. The van der Waals surface area contributed by atoms with Gasteiger partial charge in [-0.25, -0.2) is 8.42 Å². The molecule has 1 amide bonds. The van der Waals surface area contributed by atoms with Crippen molar-refractivity contribution in [3.8, 4) is 0 Å². The van der Waals surface area contributed by atoms with Crippen molar-refractivity contribution in [2.24, 2.45) is 0 Å². The van der Waals surface area contributed by atoms with Crippen LogP contribution in [-0.2, 0) is 14.8 Å². The summed E-state index contributed by atoms with van der Waals surface area (Å²) in [7, 11) is -3.67. The topological polar surface area (TPSA) is 66.5 Å². The SMILES string of the molecule is O=C1CCCN1c1cccc(NS(=O)(=O)c2ccc(Cl)s2)c1. The molecule has 1 aliphatic rings.